The predicted octanol–water partition coefficient (Wildman–Crippen LogP) is 3.07. The van der Waals surface area contributed by atoms with Crippen molar-refractivity contribution in [3.05, 3.63) is 54.1 Å². The van der Waals surface area contributed by atoms with Gasteiger partial charge in [0.1, 0.15) is 16.4 Å². The second-order valence-corrected chi connectivity index (χ2v) is 6.41. The van der Waals surface area contributed by atoms with E-state index in [1.165, 1.54) is 19.2 Å². The van der Waals surface area contributed by atoms with Gasteiger partial charge in [-0.1, -0.05) is 24.3 Å². The van der Waals surface area contributed by atoms with Crippen LogP contribution in [-0.4, -0.2) is 21.9 Å². The molecule has 0 spiro atoms. The fraction of sp³-hybridized carbons (Fsp3) is 0.200. The maximum atomic E-state index is 12.4. The van der Waals surface area contributed by atoms with Crippen LogP contribution in [0.5, 0.6) is 11.5 Å². The Bertz CT molecular complexity index is 806. The molecular formula is C15H14F3NO4S. The normalized spacial score (nSPS) is 12.0. The lowest BCUT2D eigenvalue weighted by atomic mass is 10.2. The Kier molecular flexibility index (Phi) is 5.35. The lowest BCUT2D eigenvalue weighted by molar-refractivity contribution is -0.275. The average Bonchev–Trinajstić information content (AvgIpc) is 2.52. The van der Waals surface area contributed by atoms with Gasteiger partial charge in [0.05, 0.1) is 7.11 Å². The molecule has 0 unspecified atom stereocenters. The molecule has 0 aliphatic carbocycles. The zero-order chi connectivity index (χ0) is 17.8. The second kappa shape index (κ2) is 7.10. The molecule has 0 radical (unpaired) electrons. The summed E-state index contributed by atoms with van der Waals surface area (Å²) in [5.41, 5.74) is 0.590. The highest BCUT2D eigenvalue weighted by molar-refractivity contribution is 7.89. The van der Waals surface area contributed by atoms with Crippen molar-refractivity contribution in [3.63, 3.8) is 0 Å². The Morgan fingerprint density at radius 1 is 1.08 bits per heavy atom. The van der Waals surface area contributed by atoms with Gasteiger partial charge in [-0.15, -0.1) is 13.2 Å². The molecule has 2 aromatic rings. The van der Waals surface area contributed by atoms with Crippen molar-refractivity contribution in [2.75, 3.05) is 7.11 Å². The van der Waals surface area contributed by atoms with Gasteiger partial charge in [-0.25, -0.2) is 13.1 Å². The minimum atomic E-state index is -4.99. The molecule has 2 rings (SSSR count). The average molecular weight is 361 g/mol. The van der Waals surface area contributed by atoms with Crippen LogP contribution in [0.2, 0.25) is 0 Å². The predicted molar refractivity (Wildman–Crippen MR) is 80.1 cm³/mol. The van der Waals surface area contributed by atoms with E-state index in [-0.39, 0.29) is 6.54 Å². The lowest BCUT2D eigenvalue weighted by Crippen LogP contribution is -2.25. The summed E-state index contributed by atoms with van der Waals surface area (Å²) in [7, 11) is -2.73. The topological polar surface area (TPSA) is 64.6 Å². The molecule has 0 amide bonds. The number of hydrogen-bond acceptors (Lipinski definition) is 4. The third-order valence-corrected chi connectivity index (χ3v) is 4.41. The fourth-order valence-corrected chi connectivity index (χ4v) is 3.06. The molecule has 0 bridgehead atoms. The molecule has 0 heterocycles. The molecule has 1 N–H and O–H groups in total. The highest BCUT2D eigenvalue weighted by atomic mass is 32.2. The maximum Gasteiger partial charge on any atom is 0.573 e. The van der Waals surface area contributed by atoms with Crippen LogP contribution in [0.1, 0.15) is 5.56 Å². The van der Waals surface area contributed by atoms with Crippen molar-refractivity contribution in [3.8, 4) is 11.5 Å². The minimum absolute atomic E-state index is 0.111. The van der Waals surface area contributed by atoms with Gasteiger partial charge in [-0.2, -0.15) is 0 Å². The molecule has 0 aromatic heterocycles. The Morgan fingerprint density at radius 3 is 2.46 bits per heavy atom. The number of benzene rings is 2. The summed E-state index contributed by atoms with van der Waals surface area (Å²) in [4.78, 5) is -0.592. The molecule has 0 aliphatic heterocycles. The number of nitrogens with one attached hydrogen (secondary N) is 1. The Balaban J connectivity index is 2.21. The second-order valence-electron chi connectivity index (χ2n) is 4.67. The number of ether oxygens (including phenoxy) is 2. The zero-order valence-corrected chi connectivity index (χ0v) is 13.3. The van der Waals surface area contributed by atoms with Crippen molar-refractivity contribution in [1.29, 1.82) is 0 Å². The van der Waals surface area contributed by atoms with Crippen molar-refractivity contribution in [1.82, 2.24) is 4.72 Å². The number of methoxy groups -OCH3 is 1. The fourth-order valence-electron chi connectivity index (χ4n) is 1.92. The van der Waals surface area contributed by atoms with Gasteiger partial charge in [0.25, 0.3) is 0 Å². The number of sulfonamides is 1. The van der Waals surface area contributed by atoms with Gasteiger partial charge in [0, 0.05) is 6.54 Å². The van der Waals surface area contributed by atoms with E-state index in [0.29, 0.717) is 11.3 Å². The number of halogens is 3. The molecule has 0 aliphatic rings. The molecule has 0 saturated heterocycles. The summed E-state index contributed by atoms with van der Waals surface area (Å²) < 4.78 is 72.8. The first-order valence-electron chi connectivity index (χ1n) is 6.68. The maximum absolute atomic E-state index is 12.4. The molecule has 24 heavy (non-hydrogen) atoms. The number of hydrogen-bond donors (Lipinski definition) is 1. The number of rotatable bonds is 6. The molecule has 2 aromatic carbocycles. The van der Waals surface area contributed by atoms with Gasteiger partial charge in [0.15, 0.2) is 0 Å². The number of para-hydroxylation sites is 1. The first kappa shape index (κ1) is 18.1. The van der Waals surface area contributed by atoms with Crippen LogP contribution in [0.15, 0.2) is 53.4 Å². The largest absolute Gasteiger partial charge is 0.573 e. The lowest BCUT2D eigenvalue weighted by Gasteiger charge is -2.14. The van der Waals surface area contributed by atoms with E-state index >= 15 is 0 Å². The van der Waals surface area contributed by atoms with Crippen LogP contribution >= 0.6 is 0 Å². The molecule has 0 atom stereocenters. The quantitative estimate of drug-likeness (QED) is 0.859. The molecule has 9 heteroatoms. The molecule has 130 valence electrons. The smallest absolute Gasteiger partial charge is 0.497 e. The first-order valence-corrected chi connectivity index (χ1v) is 8.17. The van der Waals surface area contributed by atoms with E-state index in [2.05, 4.69) is 9.46 Å². The highest BCUT2D eigenvalue weighted by Crippen LogP contribution is 2.29. The van der Waals surface area contributed by atoms with Crippen LogP contribution in [0.4, 0.5) is 13.2 Å². The highest BCUT2D eigenvalue weighted by Gasteiger charge is 2.33. The van der Waals surface area contributed by atoms with Crippen molar-refractivity contribution < 1.29 is 31.1 Å². The molecular weight excluding hydrogens is 347 g/mol. The monoisotopic (exact) mass is 361 g/mol. The zero-order valence-electron chi connectivity index (χ0n) is 12.5. The van der Waals surface area contributed by atoms with Gasteiger partial charge >= 0.3 is 6.36 Å². The third-order valence-electron chi connectivity index (χ3n) is 2.96. The summed E-state index contributed by atoms with van der Waals surface area (Å²) in [6, 6.07) is 11.2. The number of alkyl halides is 3. The van der Waals surface area contributed by atoms with Crippen molar-refractivity contribution in [2.24, 2.45) is 0 Å². The van der Waals surface area contributed by atoms with Gasteiger partial charge in [0.2, 0.25) is 10.0 Å². The van der Waals surface area contributed by atoms with Crippen LogP contribution in [0, 0.1) is 0 Å². The van der Waals surface area contributed by atoms with Gasteiger partial charge in [-0.05, 0) is 29.8 Å². The Morgan fingerprint density at radius 2 is 1.79 bits per heavy atom. The van der Waals surface area contributed by atoms with E-state index < -0.39 is 27.0 Å². The van der Waals surface area contributed by atoms with Crippen LogP contribution in [-0.2, 0) is 16.6 Å². The molecule has 0 saturated carbocycles. The third kappa shape index (κ3) is 4.87. The summed E-state index contributed by atoms with van der Waals surface area (Å²) in [6.07, 6.45) is -4.99. The van der Waals surface area contributed by atoms with E-state index in [1.807, 2.05) is 0 Å². The minimum Gasteiger partial charge on any atom is -0.497 e. The van der Waals surface area contributed by atoms with Gasteiger partial charge in [-0.3, -0.25) is 0 Å². The van der Waals surface area contributed by atoms with Crippen LogP contribution < -0.4 is 14.2 Å². The summed E-state index contributed by atoms with van der Waals surface area (Å²) >= 11 is 0. The van der Waals surface area contributed by atoms with E-state index in [4.69, 9.17) is 4.74 Å². The van der Waals surface area contributed by atoms with Crippen LogP contribution in [0.25, 0.3) is 0 Å². The van der Waals surface area contributed by atoms with Crippen LogP contribution in [0.3, 0.4) is 0 Å². The SMILES string of the molecule is COc1cccc(CNS(=O)(=O)c2ccccc2OC(F)(F)F)c1. The summed E-state index contributed by atoms with van der Waals surface area (Å²) in [5, 5.41) is 0. The van der Waals surface area contributed by atoms with E-state index in [1.54, 1.807) is 24.3 Å². The molecule has 0 fully saturated rings. The van der Waals surface area contributed by atoms with Crippen molar-refractivity contribution in [2.45, 2.75) is 17.8 Å². The standard InChI is InChI=1S/C15H14F3NO4S/c1-22-12-6-4-5-11(9-12)10-19-24(20,21)14-8-3-2-7-13(14)23-15(16,17)18/h2-9,19H,10H2,1H3. The van der Waals surface area contributed by atoms with Gasteiger partial charge < -0.3 is 9.47 Å². The summed E-state index contributed by atoms with van der Waals surface area (Å²) in [6.45, 7) is -0.111. The van der Waals surface area contributed by atoms with Crippen molar-refractivity contribution >= 4 is 10.0 Å². The first-order chi connectivity index (χ1) is 11.2. The van der Waals surface area contributed by atoms with E-state index in [0.717, 1.165) is 12.1 Å². The summed E-state index contributed by atoms with van der Waals surface area (Å²) in [5.74, 6) is -0.254. The Labute approximate surface area is 137 Å². The Hall–Kier alpha value is -2.26. The van der Waals surface area contributed by atoms with E-state index in [9.17, 15) is 21.6 Å². The molecule has 5 nitrogen and oxygen atoms in total.